The monoisotopic (exact) mass is 458 g/mol. The van der Waals surface area contributed by atoms with Gasteiger partial charge in [0, 0.05) is 12.3 Å². The van der Waals surface area contributed by atoms with Gasteiger partial charge in [0.15, 0.2) is 17.5 Å². The number of hydrogen-bond donors (Lipinski definition) is 3. The van der Waals surface area contributed by atoms with E-state index in [4.69, 9.17) is 16.2 Å². The quantitative estimate of drug-likeness (QED) is 0.273. The number of rotatable bonds is 8. The van der Waals surface area contributed by atoms with Crippen molar-refractivity contribution in [2.24, 2.45) is 0 Å². The van der Waals surface area contributed by atoms with E-state index < -0.39 is 35.0 Å². The lowest BCUT2D eigenvalue weighted by Gasteiger charge is -2.16. The van der Waals surface area contributed by atoms with Crippen molar-refractivity contribution in [3.63, 3.8) is 0 Å². The first kappa shape index (κ1) is 23.5. The summed E-state index contributed by atoms with van der Waals surface area (Å²) in [6.07, 6.45) is 2.78. The van der Waals surface area contributed by atoms with Crippen LogP contribution in [-0.2, 0) is 6.54 Å². The number of benzene rings is 2. The predicted molar refractivity (Wildman–Crippen MR) is 118 cm³/mol. The zero-order valence-electron chi connectivity index (χ0n) is 17.4. The summed E-state index contributed by atoms with van der Waals surface area (Å²) in [5.74, 6) is -4.61. The smallest absolute Gasteiger partial charge is 0.263 e. The summed E-state index contributed by atoms with van der Waals surface area (Å²) < 4.78 is 46.8. The van der Waals surface area contributed by atoms with Crippen LogP contribution in [0.3, 0.4) is 0 Å². The molecule has 3 aromatic rings. The van der Waals surface area contributed by atoms with Gasteiger partial charge in [-0.2, -0.15) is 0 Å². The van der Waals surface area contributed by atoms with E-state index in [1.165, 1.54) is 30.5 Å². The van der Waals surface area contributed by atoms with Gasteiger partial charge in [0.05, 0.1) is 24.0 Å². The number of hydrogen-bond acceptors (Lipinski definition) is 5. The topological polar surface area (TPSA) is 112 Å². The molecule has 0 fully saturated rings. The number of amides is 1. The minimum atomic E-state index is -1.60. The molecule has 10 heteroatoms. The van der Waals surface area contributed by atoms with Crippen molar-refractivity contribution < 1.29 is 22.7 Å². The molecule has 0 spiro atoms. The van der Waals surface area contributed by atoms with Crippen LogP contribution in [0, 0.1) is 17.5 Å². The van der Waals surface area contributed by atoms with Crippen molar-refractivity contribution in [3.05, 3.63) is 100 Å². The van der Waals surface area contributed by atoms with E-state index in [9.17, 15) is 22.8 Å². The number of carbonyl (C=O) groups excluding carboxylic acids is 1. The van der Waals surface area contributed by atoms with Crippen molar-refractivity contribution in [2.75, 3.05) is 18.1 Å². The van der Waals surface area contributed by atoms with Gasteiger partial charge in [0.1, 0.15) is 17.9 Å². The first-order valence-electron chi connectivity index (χ1n) is 9.73. The Morgan fingerprint density at radius 2 is 1.82 bits per heavy atom. The highest BCUT2D eigenvalue weighted by atomic mass is 19.2. The molecule has 0 aliphatic heterocycles. The maximum Gasteiger partial charge on any atom is 0.263 e. The number of nitrogens with zero attached hydrogens (tertiary/aromatic N) is 1. The van der Waals surface area contributed by atoms with E-state index in [-0.39, 0.29) is 24.3 Å². The third-order valence-electron chi connectivity index (χ3n) is 4.75. The SMILES string of the molecule is C=C[C@H](COc1ccc(N)c(N)c1)NC(=O)c1cccn(Cc2cc(F)c(F)c(F)c2)c1=O. The molecule has 0 aliphatic carbocycles. The average molecular weight is 458 g/mol. The zero-order chi connectivity index (χ0) is 24.1. The van der Waals surface area contributed by atoms with Crippen LogP contribution < -0.4 is 27.1 Å². The molecule has 1 amide bonds. The number of nitrogens with two attached hydrogens (primary N) is 2. The van der Waals surface area contributed by atoms with E-state index >= 15 is 0 Å². The fraction of sp³-hybridized carbons (Fsp3) is 0.130. The molecule has 0 radical (unpaired) electrons. The molecule has 0 saturated carbocycles. The highest BCUT2D eigenvalue weighted by Crippen LogP contribution is 2.21. The van der Waals surface area contributed by atoms with E-state index in [0.717, 1.165) is 16.7 Å². The number of nitrogens with one attached hydrogen (secondary N) is 1. The molecule has 0 aliphatic rings. The normalized spacial score (nSPS) is 11.6. The van der Waals surface area contributed by atoms with Gasteiger partial charge in [-0.3, -0.25) is 9.59 Å². The van der Waals surface area contributed by atoms with Gasteiger partial charge in [-0.1, -0.05) is 6.08 Å². The molecule has 33 heavy (non-hydrogen) atoms. The Balaban J connectivity index is 1.72. The summed E-state index contributed by atoms with van der Waals surface area (Å²) in [7, 11) is 0. The molecule has 0 bridgehead atoms. The van der Waals surface area contributed by atoms with E-state index in [2.05, 4.69) is 11.9 Å². The second-order valence-electron chi connectivity index (χ2n) is 7.15. The van der Waals surface area contributed by atoms with Gasteiger partial charge in [0.2, 0.25) is 0 Å². The molecule has 1 aromatic heterocycles. The van der Waals surface area contributed by atoms with Crippen molar-refractivity contribution in [2.45, 2.75) is 12.6 Å². The van der Waals surface area contributed by atoms with Crippen molar-refractivity contribution in [3.8, 4) is 5.75 Å². The van der Waals surface area contributed by atoms with E-state index in [1.54, 1.807) is 12.1 Å². The summed E-state index contributed by atoms with van der Waals surface area (Å²) in [4.78, 5) is 25.4. The fourth-order valence-electron chi connectivity index (χ4n) is 2.97. The van der Waals surface area contributed by atoms with Crippen molar-refractivity contribution in [1.29, 1.82) is 0 Å². The Hall–Kier alpha value is -4.21. The number of nitrogen functional groups attached to an aromatic ring is 2. The lowest BCUT2D eigenvalue weighted by molar-refractivity contribution is 0.0931. The molecule has 5 N–H and O–H groups in total. The Morgan fingerprint density at radius 3 is 2.45 bits per heavy atom. The Morgan fingerprint density at radius 1 is 1.12 bits per heavy atom. The molecule has 2 aromatic carbocycles. The molecule has 172 valence electrons. The van der Waals surface area contributed by atoms with E-state index in [1.807, 2.05) is 0 Å². The lowest BCUT2D eigenvalue weighted by atomic mass is 10.2. The van der Waals surface area contributed by atoms with Crippen LogP contribution in [-0.4, -0.2) is 23.1 Å². The molecule has 0 saturated heterocycles. The van der Waals surface area contributed by atoms with Gasteiger partial charge >= 0.3 is 0 Å². The third-order valence-corrected chi connectivity index (χ3v) is 4.75. The maximum absolute atomic E-state index is 13.5. The van der Waals surface area contributed by atoms with Crippen LogP contribution in [0.1, 0.15) is 15.9 Å². The summed E-state index contributed by atoms with van der Waals surface area (Å²) >= 11 is 0. The number of halogens is 3. The van der Waals surface area contributed by atoms with Crippen LogP contribution in [0.4, 0.5) is 24.5 Å². The zero-order valence-corrected chi connectivity index (χ0v) is 17.4. The van der Waals surface area contributed by atoms with Crippen LogP contribution in [0.25, 0.3) is 0 Å². The second-order valence-corrected chi connectivity index (χ2v) is 7.15. The highest BCUT2D eigenvalue weighted by molar-refractivity contribution is 5.94. The fourth-order valence-corrected chi connectivity index (χ4v) is 2.97. The van der Waals surface area contributed by atoms with E-state index in [0.29, 0.717) is 17.1 Å². The molecule has 0 unspecified atom stereocenters. The van der Waals surface area contributed by atoms with Crippen LogP contribution in [0.2, 0.25) is 0 Å². The van der Waals surface area contributed by atoms with Gasteiger partial charge < -0.3 is 26.1 Å². The van der Waals surface area contributed by atoms with Gasteiger partial charge in [-0.15, -0.1) is 6.58 Å². The lowest BCUT2D eigenvalue weighted by Crippen LogP contribution is -2.40. The first-order chi connectivity index (χ1) is 15.7. The standard InChI is InChI=1S/C23H21F3N4O3/c1-2-14(12-33-15-5-6-19(27)20(28)10-15)29-22(31)16-4-3-7-30(23(16)32)11-13-8-17(24)21(26)18(25)9-13/h2-10,14H,1,11-12,27-28H2,(H,29,31)/t14-/m1/s1. The largest absolute Gasteiger partial charge is 0.491 e. The summed E-state index contributed by atoms with van der Waals surface area (Å²) in [6, 6.07) is 8.39. The minimum Gasteiger partial charge on any atom is -0.491 e. The summed E-state index contributed by atoms with van der Waals surface area (Å²) in [6.45, 7) is 3.39. The number of carbonyl (C=O) groups is 1. The second kappa shape index (κ2) is 9.94. The Kier molecular flexibility index (Phi) is 7.07. The number of anilines is 2. The Labute approximate surface area is 187 Å². The average Bonchev–Trinajstić information content (AvgIpc) is 2.78. The molecule has 7 nitrogen and oxygen atoms in total. The highest BCUT2D eigenvalue weighted by Gasteiger charge is 2.17. The molecule has 1 heterocycles. The third kappa shape index (κ3) is 5.53. The summed E-state index contributed by atoms with van der Waals surface area (Å²) in [5, 5.41) is 2.62. The van der Waals surface area contributed by atoms with Gasteiger partial charge in [-0.25, -0.2) is 13.2 Å². The van der Waals surface area contributed by atoms with Crippen LogP contribution in [0.5, 0.6) is 5.75 Å². The number of aromatic nitrogens is 1. The molecular formula is C23H21F3N4O3. The van der Waals surface area contributed by atoms with Crippen molar-refractivity contribution in [1.82, 2.24) is 9.88 Å². The minimum absolute atomic E-state index is 0.00769. The molecule has 3 rings (SSSR count). The van der Waals surface area contributed by atoms with Crippen LogP contribution in [0.15, 0.2) is 66.1 Å². The summed E-state index contributed by atoms with van der Waals surface area (Å²) in [5.41, 5.74) is 11.3. The predicted octanol–water partition coefficient (Wildman–Crippen LogP) is 2.84. The molecular weight excluding hydrogens is 437 g/mol. The number of ether oxygens (including phenoxy) is 1. The van der Waals surface area contributed by atoms with Gasteiger partial charge in [0.25, 0.3) is 11.5 Å². The maximum atomic E-state index is 13.5. The molecule has 1 atom stereocenters. The Bertz CT molecular complexity index is 1240. The first-order valence-corrected chi connectivity index (χ1v) is 9.73. The van der Waals surface area contributed by atoms with Crippen LogP contribution >= 0.6 is 0 Å². The van der Waals surface area contributed by atoms with Crippen molar-refractivity contribution >= 4 is 17.3 Å². The number of pyridine rings is 1. The van der Waals surface area contributed by atoms with Gasteiger partial charge in [-0.05, 0) is 42.0 Å².